The number of hydrogen-bond donors (Lipinski definition) is 0. The summed E-state index contributed by atoms with van der Waals surface area (Å²) < 4.78 is 0. The average molecular weight is 186 g/mol. The van der Waals surface area contributed by atoms with Crippen LogP contribution in [0, 0.1) is 0 Å². The van der Waals surface area contributed by atoms with E-state index in [-0.39, 0.29) is 0 Å². The number of hydrogen-bond acceptors (Lipinski definition) is 0. The molecule has 0 bridgehead atoms. The SMILES string of the molecule is CC1CCCc2cccc(C3CC3)c21. The van der Waals surface area contributed by atoms with Crippen LogP contribution in [0.2, 0.25) is 0 Å². The lowest BCUT2D eigenvalue weighted by Crippen LogP contribution is -2.09. The first-order valence-electron chi connectivity index (χ1n) is 5.98. The third-order valence-electron chi connectivity index (χ3n) is 3.82. The maximum Gasteiger partial charge on any atom is -0.0159 e. The normalized spacial score (nSPS) is 25.9. The van der Waals surface area contributed by atoms with Crippen molar-refractivity contribution in [3.63, 3.8) is 0 Å². The summed E-state index contributed by atoms with van der Waals surface area (Å²) in [5, 5.41) is 0. The lowest BCUT2D eigenvalue weighted by atomic mass is 9.80. The van der Waals surface area contributed by atoms with Gasteiger partial charge in [-0.1, -0.05) is 25.1 Å². The highest BCUT2D eigenvalue weighted by Gasteiger charge is 2.29. The molecule has 1 unspecified atom stereocenters. The monoisotopic (exact) mass is 186 g/mol. The van der Waals surface area contributed by atoms with E-state index in [0.29, 0.717) is 0 Å². The Kier molecular flexibility index (Phi) is 1.90. The Hall–Kier alpha value is -0.780. The molecule has 1 aromatic rings. The highest BCUT2D eigenvalue weighted by molar-refractivity contribution is 5.43. The second-order valence-electron chi connectivity index (χ2n) is 4.99. The molecule has 14 heavy (non-hydrogen) atoms. The Balaban J connectivity index is 2.11. The van der Waals surface area contributed by atoms with Gasteiger partial charge in [0.1, 0.15) is 0 Å². The van der Waals surface area contributed by atoms with Crippen molar-refractivity contribution in [2.24, 2.45) is 0 Å². The van der Waals surface area contributed by atoms with Gasteiger partial charge < -0.3 is 0 Å². The van der Waals surface area contributed by atoms with Crippen LogP contribution in [-0.2, 0) is 6.42 Å². The van der Waals surface area contributed by atoms with Gasteiger partial charge in [-0.2, -0.15) is 0 Å². The Bertz CT molecular complexity index is 347. The predicted octanol–water partition coefficient (Wildman–Crippen LogP) is 4.00. The van der Waals surface area contributed by atoms with Crippen LogP contribution in [0.1, 0.15) is 61.1 Å². The van der Waals surface area contributed by atoms with Crippen molar-refractivity contribution < 1.29 is 0 Å². The molecular formula is C14H18. The fraction of sp³-hybridized carbons (Fsp3) is 0.571. The molecule has 1 aromatic carbocycles. The largest absolute Gasteiger partial charge is 0.0617 e. The van der Waals surface area contributed by atoms with Gasteiger partial charge in [-0.3, -0.25) is 0 Å². The van der Waals surface area contributed by atoms with Crippen molar-refractivity contribution in [1.29, 1.82) is 0 Å². The molecule has 2 aliphatic carbocycles. The molecule has 1 saturated carbocycles. The Morgan fingerprint density at radius 3 is 2.79 bits per heavy atom. The number of benzene rings is 1. The van der Waals surface area contributed by atoms with Gasteiger partial charge in [-0.05, 0) is 60.6 Å². The van der Waals surface area contributed by atoms with Crippen molar-refractivity contribution >= 4 is 0 Å². The minimum Gasteiger partial charge on any atom is -0.0617 e. The minimum absolute atomic E-state index is 0.815. The van der Waals surface area contributed by atoms with Crippen molar-refractivity contribution in [3.05, 3.63) is 34.9 Å². The van der Waals surface area contributed by atoms with E-state index in [0.717, 1.165) is 11.8 Å². The summed E-state index contributed by atoms with van der Waals surface area (Å²) in [5.41, 5.74) is 5.06. The average Bonchev–Trinajstić information content (AvgIpc) is 3.01. The van der Waals surface area contributed by atoms with Crippen LogP contribution < -0.4 is 0 Å². The van der Waals surface area contributed by atoms with Crippen LogP contribution in [0.15, 0.2) is 18.2 Å². The van der Waals surface area contributed by atoms with E-state index >= 15 is 0 Å². The molecule has 74 valence electrons. The van der Waals surface area contributed by atoms with Gasteiger partial charge in [-0.25, -0.2) is 0 Å². The molecule has 1 atom stereocenters. The van der Waals surface area contributed by atoms with E-state index in [1.165, 1.54) is 32.1 Å². The van der Waals surface area contributed by atoms with E-state index in [9.17, 15) is 0 Å². The van der Waals surface area contributed by atoms with Crippen LogP contribution in [0.25, 0.3) is 0 Å². The second kappa shape index (κ2) is 3.12. The summed E-state index contributed by atoms with van der Waals surface area (Å²) in [6.07, 6.45) is 6.98. The molecule has 0 heterocycles. The Morgan fingerprint density at radius 1 is 1.14 bits per heavy atom. The van der Waals surface area contributed by atoms with Crippen molar-refractivity contribution in [2.75, 3.05) is 0 Å². The van der Waals surface area contributed by atoms with Gasteiger partial charge >= 0.3 is 0 Å². The Labute approximate surface area is 86.3 Å². The molecular weight excluding hydrogens is 168 g/mol. The third-order valence-corrected chi connectivity index (χ3v) is 3.82. The van der Waals surface area contributed by atoms with Crippen molar-refractivity contribution in [2.45, 2.75) is 50.9 Å². The quantitative estimate of drug-likeness (QED) is 0.621. The zero-order valence-corrected chi connectivity index (χ0v) is 8.92. The third kappa shape index (κ3) is 1.28. The summed E-state index contributed by atoms with van der Waals surface area (Å²) in [5.74, 6) is 1.74. The molecule has 0 radical (unpaired) electrons. The summed E-state index contributed by atoms with van der Waals surface area (Å²) in [7, 11) is 0. The van der Waals surface area contributed by atoms with Gasteiger partial charge in [0.2, 0.25) is 0 Å². The van der Waals surface area contributed by atoms with Crippen LogP contribution in [0.3, 0.4) is 0 Å². The van der Waals surface area contributed by atoms with E-state index in [1.807, 2.05) is 0 Å². The first kappa shape index (κ1) is 8.52. The lowest BCUT2D eigenvalue weighted by Gasteiger charge is -2.25. The first-order chi connectivity index (χ1) is 6.86. The minimum atomic E-state index is 0.815. The molecule has 0 nitrogen and oxygen atoms in total. The second-order valence-corrected chi connectivity index (χ2v) is 4.99. The maximum atomic E-state index is 2.41. The van der Waals surface area contributed by atoms with Crippen molar-refractivity contribution in [1.82, 2.24) is 0 Å². The van der Waals surface area contributed by atoms with E-state index in [1.54, 1.807) is 16.7 Å². The van der Waals surface area contributed by atoms with E-state index < -0.39 is 0 Å². The molecule has 3 rings (SSSR count). The fourth-order valence-electron chi connectivity index (χ4n) is 2.95. The van der Waals surface area contributed by atoms with Gasteiger partial charge in [0.25, 0.3) is 0 Å². The zero-order chi connectivity index (χ0) is 9.54. The number of fused-ring (bicyclic) bond motifs is 1. The zero-order valence-electron chi connectivity index (χ0n) is 8.92. The summed E-state index contributed by atoms with van der Waals surface area (Å²) in [6.45, 7) is 2.41. The van der Waals surface area contributed by atoms with Gasteiger partial charge in [-0.15, -0.1) is 0 Å². The van der Waals surface area contributed by atoms with Gasteiger partial charge in [0.05, 0.1) is 0 Å². The van der Waals surface area contributed by atoms with Gasteiger partial charge in [0.15, 0.2) is 0 Å². The lowest BCUT2D eigenvalue weighted by molar-refractivity contribution is 0.584. The summed E-state index contributed by atoms with van der Waals surface area (Å²) in [4.78, 5) is 0. The molecule has 0 amide bonds. The summed E-state index contributed by atoms with van der Waals surface area (Å²) >= 11 is 0. The molecule has 0 spiro atoms. The Morgan fingerprint density at radius 2 is 2.00 bits per heavy atom. The first-order valence-corrected chi connectivity index (χ1v) is 5.98. The van der Waals surface area contributed by atoms with E-state index in [2.05, 4.69) is 25.1 Å². The fourth-order valence-corrected chi connectivity index (χ4v) is 2.95. The van der Waals surface area contributed by atoms with Crippen LogP contribution in [0.5, 0.6) is 0 Å². The van der Waals surface area contributed by atoms with Crippen LogP contribution in [0.4, 0.5) is 0 Å². The summed E-state index contributed by atoms with van der Waals surface area (Å²) in [6, 6.07) is 6.99. The molecule has 2 aliphatic rings. The molecule has 1 fully saturated rings. The number of aryl methyl sites for hydroxylation is 1. The standard InChI is InChI=1S/C14H18/c1-10-4-2-5-12-6-3-7-13(14(10)12)11-8-9-11/h3,6-7,10-11H,2,4-5,8-9H2,1H3. The molecule has 0 saturated heterocycles. The smallest absolute Gasteiger partial charge is 0.0159 e. The van der Waals surface area contributed by atoms with Gasteiger partial charge in [0, 0.05) is 0 Å². The molecule has 0 N–H and O–H groups in total. The highest BCUT2D eigenvalue weighted by atomic mass is 14.3. The maximum absolute atomic E-state index is 2.41. The van der Waals surface area contributed by atoms with Crippen LogP contribution >= 0.6 is 0 Å². The molecule has 0 heteroatoms. The van der Waals surface area contributed by atoms with E-state index in [4.69, 9.17) is 0 Å². The molecule has 0 aromatic heterocycles. The topological polar surface area (TPSA) is 0 Å². The predicted molar refractivity (Wildman–Crippen MR) is 59.8 cm³/mol. The van der Waals surface area contributed by atoms with Crippen LogP contribution in [-0.4, -0.2) is 0 Å². The molecule has 0 aliphatic heterocycles. The number of rotatable bonds is 1. The highest BCUT2D eigenvalue weighted by Crippen LogP contribution is 2.46. The van der Waals surface area contributed by atoms with Crippen molar-refractivity contribution in [3.8, 4) is 0 Å².